The monoisotopic (exact) mass is 430 g/mol. The molecule has 0 aromatic carbocycles. The van der Waals surface area contributed by atoms with Crippen LogP contribution < -0.4 is 74.4 Å². The van der Waals surface area contributed by atoms with Gasteiger partial charge in [-0.3, -0.25) is 0 Å². The molecule has 106 valence electrons. The standard InChI is InChI=1S/6ClH.2Fe.6H2O/h6*1H;;;6*1H2/q;;;;;;2*+3;;;;;;/p-6. The SMILES string of the molecule is O.O.O.O.O.O.[Cl-].[Cl-].[Cl-].[Cl-].[Cl-].[Cl-].[Fe+3].[Fe+3]. The summed E-state index contributed by atoms with van der Waals surface area (Å²) in [5.74, 6) is 0. The minimum Gasteiger partial charge on any atom is -1.00 e. The maximum atomic E-state index is 0. The minimum atomic E-state index is 0. The summed E-state index contributed by atoms with van der Waals surface area (Å²) in [5, 5.41) is 0. The predicted molar refractivity (Wildman–Crippen MR) is 21.7 cm³/mol. The molecule has 0 unspecified atom stereocenters. The molecule has 14 heavy (non-hydrogen) atoms. The molecule has 2 radical (unpaired) electrons. The average molecular weight is 432 g/mol. The molecule has 0 aromatic rings. The molecule has 0 saturated heterocycles. The fraction of sp³-hybridized carbons (Fsp3) is 0. The molecule has 0 spiro atoms. The van der Waals surface area contributed by atoms with E-state index in [4.69, 9.17) is 0 Å². The van der Waals surface area contributed by atoms with Gasteiger partial charge in [0.05, 0.1) is 0 Å². The molecule has 0 heterocycles. The quantitative estimate of drug-likeness (QED) is 0.329. The van der Waals surface area contributed by atoms with Crippen LogP contribution in [0, 0.1) is 0 Å². The summed E-state index contributed by atoms with van der Waals surface area (Å²) >= 11 is 0. The van der Waals surface area contributed by atoms with Crippen LogP contribution in [-0.2, 0) is 34.1 Å². The van der Waals surface area contributed by atoms with Gasteiger partial charge in [0, 0.05) is 0 Å². The Labute approximate surface area is 140 Å². The van der Waals surface area contributed by atoms with E-state index < -0.39 is 0 Å². The molecular weight excluding hydrogens is 420 g/mol. The molecule has 0 aromatic heterocycles. The van der Waals surface area contributed by atoms with Crippen molar-refractivity contribution in [1.82, 2.24) is 0 Å². The number of rotatable bonds is 0. The molecule has 0 bridgehead atoms. The molecule has 14 heteroatoms. The van der Waals surface area contributed by atoms with Gasteiger partial charge in [0.15, 0.2) is 0 Å². The van der Waals surface area contributed by atoms with Crippen molar-refractivity contribution >= 4 is 0 Å². The Kier molecular flexibility index (Phi) is 22500. The third-order valence-electron chi connectivity index (χ3n) is 0. The summed E-state index contributed by atoms with van der Waals surface area (Å²) in [4.78, 5) is 0. The molecule has 0 saturated carbocycles. The summed E-state index contributed by atoms with van der Waals surface area (Å²) < 4.78 is 0. The van der Waals surface area contributed by atoms with Gasteiger partial charge in [-0.25, -0.2) is 0 Å². The van der Waals surface area contributed by atoms with E-state index in [0.29, 0.717) is 0 Å². The molecule has 0 atom stereocenters. The van der Waals surface area contributed by atoms with E-state index in [1.807, 2.05) is 0 Å². The first-order valence-corrected chi connectivity index (χ1v) is 0. The van der Waals surface area contributed by atoms with E-state index in [2.05, 4.69) is 0 Å². The Morgan fingerprint density at radius 1 is 0.214 bits per heavy atom. The Bertz CT molecular complexity index is 20.3. The molecule has 12 N–H and O–H groups in total. The third-order valence-corrected chi connectivity index (χ3v) is 0. The van der Waals surface area contributed by atoms with E-state index in [9.17, 15) is 0 Å². The summed E-state index contributed by atoms with van der Waals surface area (Å²) in [6.07, 6.45) is 0. The van der Waals surface area contributed by atoms with Gasteiger partial charge in [-0.05, 0) is 0 Å². The van der Waals surface area contributed by atoms with Crippen LogP contribution in [0.15, 0.2) is 0 Å². The first kappa shape index (κ1) is 619. The van der Waals surface area contributed by atoms with E-state index in [0.717, 1.165) is 0 Å². The third kappa shape index (κ3) is 413. The van der Waals surface area contributed by atoms with E-state index in [1.165, 1.54) is 0 Å². The molecule has 0 aliphatic heterocycles. The van der Waals surface area contributed by atoms with Crippen molar-refractivity contribution in [3.05, 3.63) is 0 Å². The Hall–Kier alpha value is 2.54. The van der Waals surface area contributed by atoms with Crippen molar-refractivity contribution in [1.29, 1.82) is 0 Å². The van der Waals surface area contributed by atoms with Crippen molar-refractivity contribution in [2.75, 3.05) is 0 Å². The van der Waals surface area contributed by atoms with Crippen LogP contribution in [0.2, 0.25) is 0 Å². The van der Waals surface area contributed by atoms with Gasteiger partial charge in [-0.15, -0.1) is 0 Å². The van der Waals surface area contributed by atoms with Crippen LogP contribution in [0.25, 0.3) is 0 Å². The molecule has 6 nitrogen and oxygen atoms in total. The maximum Gasteiger partial charge on any atom is 3.00 e. The largest absolute Gasteiger partial charge is 3.00 e. The van der Waals surface area contributed by atoms with Crippen LogP contribution >= 0.6 is 0 Å². The fourth-order valence-corrected chi connectivity index (χ4v) is 0. The molecule has 0 aliphatic rings. The topological polar surface area (TPSA) is 189 Å². The summed E-state index contributed by atoms with van der Waals surface area (Å²) in [5.41, 5.74) is 0. The van der Waals surface area contributed by atoms with Gasteiger partial charge in [0.25, 0.3) is 0 Å². The Balaban J connectivity index is 0. The summed E-state index contributed by atoms with van der Waals surface area (Å²) in [6.45, 7) is 0. The minimum absolute atomic E-state index is 0. The van der Waals surface area contributed by atoms with Gasteiger partial charge in [0.2, 0.25) is 0 Å². The summed E-state index contributed by atoms with van der Waals surface area (Å²) in [7, 11) is 0. The average Bonchev–Trinajstić information content (AvgIpc) is 0. The Morgan fingerprint density at radius 3 is 0.214 bits per heavy atom. The van der Waals surface area contributed by atoms with Gasteiger partial charge in [-0.2, -0.15) is 0 Å². The van der Waals surface area contributed by atoms with Gasteiger partial charge < -0.3 is 107 Å². The van der Waals surface area contributed by atoms with Crippen molar-refractivity contribution < 1.29 is 141 Å². The van der Waals surface area contributed by atoms with Crippen molar-refractivity contribution in [3.8, 4) is 0 Å². The molecular formula is H12Cl6Fe2O6. The van der Waals surface area contributed by atoms with Crippen LogP contribution in [0.5, 0.6) is 0 Å². The van der Waals surface area contributed by atoms with Crippen LogP contribution in [-0.4, -0.2) is 32.9 Å². The van der Waals surface area contributed by atoms with Crippen molar-refractivity contribution in [2.45, 2.75) is 0 Å². The van der Waals surface area contributed by atoms with Crippen molar-refractivity contribution in [3.63, 3.8) is 0 Å². The number of halogens is 6. The Morgan fingerprint density at radius 2 is 0.214 bits per heavy atom. The molecule has 0 aliphatic carbocycles. The molecule has 0 fully saturated rings. The van der Waals surface area contributed by atoms with Crippen molar-refractivity contribution in [2.24, 2.45) is 0 Å². The number of hydrogen-bond acceptors (Lipinski definition) is 0. The second-order valence-corrected chi connectivity index (χ2v) is 0. The predicted octanol–water partition coefficient (Wildman–Crippen LogP) is -22.9. The zero-order valence-corrected chi connectivity index (χ0v) is 12.7. The van der Waals surface area contributed by atoms with Gasteiger partial charge in [0.1, 0.15) is 0 Å². The molecule has 0 rings (SSSR count). The maximum absolute atomic E-state index is 0. The molecule has 0 amide bonds. The van der Waals surface area contributed by atoms with Gasteiger partial charge in [-0.1, -0.05) is 0 Å². The van der Waals surface area contributed by atoms with E-state index in [-0.39, 0.29) is 141 Å². The van der Waals surface area contributed by atoms with Crippen LogP contribution in [0.4, 0.5) is 0 Å². The van der Waals surface area contributed by atoms with Gasteiger partial charge >= 0.3 is 34.1 Å². The first-order chi connectivity index (χ1) is 0. The summed E-state index contributed by atoms with van der Waals surface area (Å²) in [6, 6.07) is 0. The van der Waals surface area contributed by atoms with E-state index >= 15 is 0 Å². The normalized spacial score (nSPS) is 0. The zero-order valence-electron chi connectivity index (χ0n) is 5.97. The second-order valence-electron chi connectivity index (χ2n) is 0. The van der Waals surface area contributed by atoms with Crippen LogP contribution in [0.1, 0.15) is 0 Å². The van der Waals surface area contributed by atoms with Crippen LogP contribution in [0.3, 0.4) is 0 Å². The number of hydrogen-bond donors (Lipinski definition) is 0. The smallest absolute Gasteiger partial charge is 1.00 e. The van der Waals surface area contributed by atoms with E-state index in [1.54, 1.807) is 0 Å². The first-order valence-electron chi connectivity index (χ1n) is 0. The fourth-order valence-electron chi connectivity index (χ4n) is 0. The second kappa shape index (κ2) is 510. The zero-order chi connectivity index (χ0) is 0.